The number of hydrogen-bond acceptors (Lipinski definition) is 4. The SMILES string of the molecule is Cc1ccc(Oc2ccc([C@@H](C)N)c(Br)c2)c([N+](=O)[O-])c1. The van der Waals surface area contributed by atoms with Crippen molar-refractivity contribution in [1.82, 2.24) is 0 Å². The quantitative estimate of drug-likeness (QED) is 0.651. The van der Waals surface area contributed by atoms with Crippen molar-refractivity contribution in [2.24, 2.45) is 5.73 Å². The lowest BCUT2D eigenvalue weighted by Gasteiger charge is -2.11. The standard InChI is InChI=1S/C15H15BrN2O3/c1-9-3-6-15(14(7-9)18(19)20)21-11-4-5-12(10(2)17)13(16)8-11/h3-8,10H,17H2,1-2H3/t10-/m1/s1. The number of ether oxygens (including phenoxy) is 1. The van der Waals surface area contributed by atoms with Crippen molar-refractivity contribution in [3.8, 4) is 11.5 Å². The molecule has 0 aliphatic carbocycles. The molecule has 0 saturated heterocycles. The molecule has 2 N–H and O–H groups in total. The van der Waals surface area contributed by atoms with E-state index in [1.165, 1.54) is 6.07 Å². The average molecular weight is 351 g/mol. The van der Waals surface area contributed by atoms with Crippen LogP contribution in [0.5, 0.6) is 11.5 Å². The lowest BCUT2D eigenvalue weighted by atomic mass is 10.1. The minimum Gasteiger partial charge on any atom is -0.450 e. The molecule has 0 aliphatic heterocycles. The van der Waals surface area contributed by atoms with Crippen LogP contribution >= 0.6 is 15.9 Å². The van der Waals surface area contributed by atoms with Crippen molar-refractivity contribution in [3.63, 3.8) is 0 Å². The van der Waals surface area contributed by atoms with Crippen molar-refractivity contribution in [2.45, 2.75) is 19.9 Å². The average Bonchev–Trinajstić information content (AvgIpc) is 2.40. The largest absolute Gasteiger partial charge is 0.450 e. The second-order valence-electron chi connectivity index (χ2n) is 4.80. The summed E-state index contributed by atoms with van der Waals surface area (Å²) in [5.74, 6) is 0.726. The summed E-state index contributed by atoms with van der Waals surface area (Å²) >= 11 is 3.43. The van der Waals surface area contributed by atoms with Gasteiger partial charge in [0.1, 0.15) is 5.75 Å². The molecular formula is C15H15BrN2O3. The first-order chi connectivity index (χ1) is 9.88. The molecule has 21 heavy (non-hydrogen) atoms. The summed E-state index contributed by atoms with van der Waals surface area (Å²) in [5, 5.41) is 11.1. The van der Waals surface area contributed by atoms with Crippen LogP contribution in [0.4, 0.5) is 5.69 Å². The molecule has 0 saturated carbocycles. The third kappa shape index (κ3) is 3.59. The van der Waals surface area contributed by atoms with Crippen molar-refractivity contribution in [2.75, 3.05) is 0 Å². The summed E-state index contributed by atoms with van der Waals surface area (Å²) in [7, 11) is 0. The highest BCUT2D eigenvalue weighted by atomic mass is 79.9. The Bertz CT molecular complexity index is 687. The van der Waals surface area contributed by atoms with Crippen molar-refractivity contribution in [3.05, 3.63) is 62.1 Å². The summed E-state index contributed by atoms with van der Waals surface area (Å²) in [6, 6.07) is 10.1. The zero-order valence-electron chi connectivity index (χ0n) is 11.7. The lowest BCUT2D eigenvalue weighted by Crippen LogP contribution is -2.05. The highest BCUT2D eigenvalue weighted by Crippen LogP contribution is 2.34. The predicted molar refractivity (Wildman–Crippen MR) is 84.7 cm³/mol. The summed E-state index contributed by atoms with van der Waals surface area (Å²) in [6.45, 7) is 3.68. The highest BCUT2D eigenvalue weighted by molar-refractivity contribution is 9.10. The number of nitro benzene ring substituents is 1. The van der Waals surface area contributed by atoms with Gasteiger partial charge in [-0.3, -0.25) is 10.1 Å². The molecule has 6 heteroatoms. The molecular weight excluding hydrogens is 336 g/mol. The molecule has 0 heterocycles. The van der Waals surface area contributed by atoms with Crippen LogP contribution in [0.15, 0.2) is 40.9 Å². The number of rotatable bonds is 4. The fourth-order valence-corrected chi connectivity index (χ4v) is 2.64. The monoisotopic (exact) mass is 350 g/mol. The molecule has 0 fully saturated rings. The number of aryl methyl sites for hydroxylation is 1. The Balaban J connectivity index is 2.35. The molecule has 2 rings (SSSR count). The molecule has 0 aromatic heterocycles. The van der Waals surface area contributed by atoms with Gasteiger partial charge in [0, 0.05) is 16.6 Å². The zero-order chi connectivity index (χ0) is 15.6. The van der Waals surface area contributed by atoms with Gasteiger partial charge in [-0.25, -0.2) is 0 Å². The van der Waals surface area contributed by atoms with E-state index in [1.54, 1.807) is 31.2 Å². The summed E-state index contributed by atoms with van der Waals surface area (Å²) < 4.78 is 6.44. The second kappa shape index (κ2) is 6.24. The molecule has 1 atom stereocenters. The van der Waals surface area contributed by atoms with Crippen molar-refractivity contribution >= 4 is 21.6 Å². The van der Waals surface area contributed by atoms with Crippen LogP contribution in [0.25, 0.3) is 0 Å². The topological polar surface area (TPSA) is 78.4 Å². The zero-order valence-corrected chi connectivity index (χ0v) is 13.3. The van der Waals surface area contributed by atoms with Gasteiger partial charge in [-0.2, -0.15) is 0 Å². The molecule has 0 amide bonds. The van der Waals surface area contributed by atoms with E-state index in [1.807, 2.05) is 13.0 Å². The van der Waals surface area contributed by atoms with Crippen LogP contribution in [0, 0.1) is 17.0 Å². The molecule has 2 aromatic carbocycles. The Kier molecular flexibility index (Phi) is 4.59. The Morgan fingerprint density at radius 2 is 2.00 bits per heavy atom. The van der Waals surface area contributed by atoms with E-state index in [4.69, 9.17) is 10.5 Å². The summed E-state index contributed by atoms with van der Waals surface area (Å²) in [5.41, 5.74) is 7.54. The maximum atomic E-state index is 11.1. The van der Waals surface area contributed by atoms with Gasteiger partial charge in [0.15, 0.2) is 0 Å². The molecule has 2 aromatic rings. The molecule has 0 unspecified atom stereocenters. The Morgan fingerprint density at radius 3 is 2.57 bits per heavy atom. The lowest BCUT2D eigenvalue weighted by molar-refractivity contribution is -0.385. The second-order valence-corrected chi connectivity index (χ2v) is 5.66. The fourth-order valence-electron chi connectivity index (χ4n) is 1.92. The number of nitrogens with zero attached hydrogens (tertiary/aromatic N) is 1. The summed E-state index contributed by atoms with van der Waals surface area (Å²) in [4.78, 5) is 10.6. The van der Waals surface area contributed by atoms with Gasteiger partial charge in [0.05, 0.1) is 4.92 Å². The normalized spacial score (nSPS) is 12.0. The molecule has 0 spiro atoms. The van der Waals surface area contributed by atoms with E-state index in [0.29, 0.717) is 5.75 Å². The predicted octanol–water partition coefficient (Wildman–Crippen LogP) is 4.48. The van der Waals surface area contributed by atoms with Crippen LogP contribution in [-0.4, -0.2) is 4.92 Å². The van der Waals surface area contributed by atoms with Gasteiger partial charge in [-0.1, -0.05) is 28.1 Å². The minimum absolute atomic E-state index is 0.0533. The fraction of sp³-hybridized carbons (Fsp3) is 0.200. The minimum atomic E-state index is -0.451. The van der Waals surface area contributed by atoms with Crippen LogP contribution < -0.4 is 10.5 Å². The van der Waals surface area contributed by atoms with Crippen molar-refractivity contribution in [1.29, 1.82) is 0 Å². The highest BCUT2D eigenvalue weighted by Gasteiger charge is 2.16. The Hall–Kier alpha value is -1.92. The Morgan fingerprint density at radius 1 is 1.29 bits per heavy atom. The van der Waals surface area contributed by atoms with E-state index >= 15 is 0 Å². The van der Waals surface area contributed by atoms with Gasteiger partial charge in [0.2, 0.25) is 5.75 Å². The van der Waals surface area contributed by atoms with Gasteiger partial charge in [-0.15, -0.1) is 0 Å². The molecule has 110 valence electrons. The van der Waals surface area contributed by atoms with Gasteiger partial charge >= 0.3 is 5.69 Å². The smallest absolute Gasteiger partial charge is 0.311 e. The molecule has 0 bridgehead atoms. The summed E-state index contributed by atoms with van der Waals surface area (Å²) in [6.07, 6.45) is 0. The Labute approximate surface area is 131 Å². The maximum Gasteiger partial charge on any atom is 0.311 e. The van der Waals surface area contributed by atoms with E-state index < -0.39 is 4.92 Å². The van der Waals surface area contributed by atoms with Crippen LogP contribution in [-0.2, 0) is 0 Å². The molecule has 5 nitrogen and oxygen atoms in total. The van der Waals surface area contributed by atoms with Gasteiger partial charge in [-0.05, 0) is 43.2 Å². The van der Waals surface area contributed by atoms with E-state index in [0.717, 1.165) is 15.6 Å². The van der Waals surface area contributed by atoms with Crippen molar-refractivity contribution < 1.29 is 9.66 Å². The number of benzene rings is 2. The van der Waals surface area contributed by atoms with Gasteiger partial charge in [0.25, 0.3) is 0 Å². The first kappa shape index (κ1) is 15.5. The maximum absolute atomic E-state index is 11.1. The third-order valence-electron chi connectivity index (χ3n) is 3.00. The van der Waals surface area contributed by atoms with E-state index in [2.05, 4.69) is 15.9 Å². The third-order valence-corrected chi connectivity index (χ3v) is 3.69. The molecule has 0 aliphatic rings. The number of nitro groups is 1. The van der Waals surface area contributed by atoms with Crippen LogP contribution in [0.2, 0.25) is 0 Å². The van der Waals surface area contributed by atoms with Crippen LogP contribution in [0.3, 0.4) is 0 Å². The number of nitrogens with two attached hydrogens (primary N) is 1. The molecule has 0 radical (unpaired) electrons. The van der Waals surface area contributed by atoms with E-state index in [-0.39, 0.29) is 17.5 Å². The number of hydrogen-bond donors (Lipinski definition) is 1. The number of halogens is 1. The van der Waals surface area contributed by atoms with Crippen LogP contribution in [0.1, 0.15) is 24.1 Å². The first-order valence-corrected chi connectivity index (χ1v) is 7.15. The van der Waals surface area contributed by atoms with Gasteiger partial charge < -0.3 is 10.5 Å². The first-order valence-electron chi connectivity index (χ1n) is 6.36. The van der Waals surface area contributed by atoms with E-state index in [9.17, 15) is 10.1 Å².